The largest absolute Gasteiger partial charge is 0.417 e. The lowest BCUT2D eigenvalue weighted by atomic mass is 9.99. The number of benzene rings is 2. The second kappa shape index (κ2) is 8.19. The maximum Gasteiger partial charge on any atom is 0.417 e. The molecule has 4 aromatic rings. The molecule has 31 heavy (non-hydrogen) atoms. The Morgan fingerprint density at radius 2 is 1.77 bits per heavy atom. The van der Waals surface area contributed by atoms with E-state index in [9.17, 15) is 22.8 Å². The van der Waals surface area contributed by atoms with Gasteiger partial charge in [0.1, 0.15) is 5.69 Å². The molecule has 0 radical (unpaired) electrons. The number of thiazole rings is 1. The van der Waals surface area contributed by atoms with Crippen molar-refractivity contribution in [1.29, 1.82) is 0 Å². The smallest absolute Gasteiger partial charge is 0.356 e. The number of hydrogen-bond donors (Lipinski definition) is 2. The third kappa shape index (κ3) is 4.41. The quantitative estimate of drug-likeness (QED) is 0.394. The minimum absolute atomic E-state index is 0.0395. The van der Waals surface area contributed by atoms with Crippen molar-refractivity contribution in [3.05, 3.63) is 94.9 Å². The van der Waals surface area contributed by atoms with Gasteiger partial charge in [-0.1, -0.05) is 30.3 Å². The number of carbonyl (C=O) groups is 2. The summed E-state index contributed by atoms with van der Waals surface area (Å²) in [6.45, 7) is 0. The molecule has 0 atom stereocenters. The van der Waals surface area contributed by atoms with Gasteiger partial charge < -0.3 is 10.3 Å². The van der Waals surface area contributed by atoms with Crippen LogP contribution in [0.3, 0.4) is 0 Å². The molecule has 0 fully saturated rings. The number of aromatic amines is 1. The van der Waals surface area contributed by atoms with Crippen LogP contribution in [-0.2, 0) is 6.18 Å². The fraction of sp³-hybridized carbons (Fsp3) is 0.0455. The number of halogens is 3. The van der Waals surface area contributed by atoms with Crippen LogP contribution in [0.2, 0.25) is 0 Å². The van der Waals surface area contributed by atoms with Gasteiger partial charge in [0.15, 0.2) is 5.78 Å². The minimum Gasteiger partial charge on any atom is -0.356 e. The third-order valence-corrected chi connectivity index (χ3v) is 5.35. The van der Waals surface area contributed by atoms with E-state index in [-0.39, 0.29) is 11.3 Å². The van der Waals surface area contributed by atoms with Crippen molar-refractivity contribution < 1.29 is 22.8 Å². The normalized spacial score (nSPS) is 11.3. The van der Waals surface area contributed by atoms with E-state index < -0.39 is 29.0 Å². The fourth-order valence-electron chi connectivity index (χ4n) is 3.01. The van der Waals surface area contributed by atoms with Crippen LogP contribution in [0, 0.1) is 0 Å². The van der Waals surface area contributed by atoms with Gasteiger partial charge in [-0.05, 0) is 29.8 Å². The summed E-state index contributed by atoms with van der Waals surface area (Å²) in [4.78, 5) is 32.7. The first kappa shape index (κ1) is 20.5. The zero-order chi connectivity index (χ0) is 22.0. The molecule has 0 saturated heterocycles. The van der Waals surface area contributed by atoms with Crippen molar-refractivity contribution in [3.8, 4) is 10.4 Å². The maximum absolute atomic E-state index is 13.2. The summed E-state index contributed by atoms with van der Waals surface area (Å²) in [5.41, 5.74) is 1.73. The number of alkyl halides is 3. The van der Waals surface area contributed by atoms with Crippen LogP contribution in [0.5, 0.6) is 0 Å². The van der Waals surface area contributed by atoms with Crippen molar-refractivity contribution in [1.82, 2.24) is 9.97 Å². The number of ketones is 1. The molecule has 0 aliphatic carbocycles. The van der Waals surface area contributed by atoms with E-state index >= 15 is 0 Å². The molecule has 9 heteroatoms. The molecule has 2 aromatic heterocycles. The monoisotopic (exact) mass is 441 g/mol. The highest BCUT2D eigenvalue weighted by Crippen LogP contribution is 2.33. The summed E-state index contributed by atoms with van der Waals surface area (Å²) in [6.07, 6.45) is -1.70. The number of carbonyl (C=O) groups excluding carboxylic acids is 2. The highest BCUT2D eigenvalue weighted by molar-refractivity contribution is 7.13. The highest BCUT2D eigenvalue weighted by Gasteiger charge is 2.35. The van der Waals surface area contributed by atoms with Gasteiger partial charge >= 0.3 is 6.18 Å². The van der Waals surface area contributed by atoms with Crippen molar-refractivity contribution in [2.24, 2.45) is 0 Å². The molecular weight excluding hydrogens is 427 g/mol. The standard InChI is InChI=1S/C22H14F3N3O2S/c23-22(24,25)17-4-2-1-3-16(17)20(29)14-9-18(27-10-14)21(30)28-15-7-5-13(6-8-15)19-11-26-12-31-19/h1-12,27H,(H,28,30). The predicted octanol–water partition coefficient (Wildman–Crippen LogP) is 5.64. The summed E-state index contributed by atoms with van der Waals surface area (Å²) in [6, 6.07) is 12.9. The zero-order valence-electron chi connectivity index (χ0n) is 15.7. The average molecular weight is 441 g/mol. The Morgan fingerprint density at radius 3 is 2.45 bits per heavy atom. The fourth-order valence-corrected chi connectivity index (χ4v) is 3.64. The molecule has 0 aliphatic rings. The Labute approximate surface area is 178 Å². The first-order valence-corrected chi connectivity index (χ1v) is 9.90. The molecule has 0 bridgehead atoms. The van der Waals surface area contributed by atoms with Crippen molar-refractivity contribution in [3.63, 3.8) is 0 Å². The van der Waals surface area contributed by atoms with E-state index in [1.165, 1.54) is 35.7 Å². The number of amides is 1. The summed E-state index contributed by atoms with van der Waals surface area (Å²) in [5, 5.41) is 2.68. The molecule has 0 spiro atoms. The lowest BCUT2D eigenvalue weighted by Gasteiger charge is -2.10. The third-order valence-electron chi connectivity index (χ3n) is 4.53. The molecule has 2 N–H and O–H groups in total. The maximum atomic E-state index is 13.2. The Morgan fingerprint density at radius 1 is 1.03 bits per heavy atom. The number of hydrogen-bond acceptors (Lipinski definition) is 4. The van der Waals surface area contributed by atoms with Crippen molar-refractivity contribution in [2.45, 2.75) is 6.18 Å². The summed E-state index contributed by atoms with van der Waals surface area (Å²) >= 11 is 1.49. The number of H-pyrrole nitrogens is 1. The number of nitrogens with one attached hydrogen (secondary N) is 2. The van der Waals surface area contributed by atoms with Crippen LogP contribution in [0.4, 0.5) is 18.9 Å². The molecule has 2 aromatic carbocycles. The van der Waals surface area contributed by atoms with Gasteiger partial charge in [-0.25, -0.2) is 0 Å². The molecular formula is C22H14F3N3O2S. The molecule has 156 valence electrons. The van der Waals surface area contributed by atoms with Gasteiger partial charge in [0.2, 0.25) is 0 Å². The topological polar surface area (TPSA) is 74.8 Å². The minimum atomic E-state index is -4.66. The average Bonchev–Trinajstić information content (AvgIpc) is 3.46. The van der Waals surface area contributed by atoms with E-state index in [0.717, 1.165) is 22.6 Å². The van der Waals surface area contributed by atoms with E-state index in [1.54, 1.807) is 23.8 Å². The van der Waals surface area contributed by atoms with Crippen LogP contribution in [0.25, 0.3) is 10.4 Å². The SMILES string of the molecule is O=C(Nc1ccc(-c2cncs2)cc1)c1cc(C(=O)c2ccccc2C(F)(F)F)c[nH]1. The molecule has 5 nitrogen and oxygen atoms in total. The molecule has 4 rings (SSSR count). The van der Waals surface area contributed by atoms with Crippen LogP contribution in [0.15, 0.2) is 72.5 Å². The van der Waals surface area contributed by atoms with Gasteiger partial charge in [-0.15, -0.1) is 11.3 Å². The number of rotatable bonds is 5. The molecule has 0 saturated carbocycles. The van der Waals surface area contributed by atoms with Gasteiger partial charge in [-0.2, -0.15) is 13.2 Å². The van der Waals surface area contributed by atoms with Gasteiger partial charge in [0.25, 0.3) is 5.91 Å². The van der Waals surface area contributed by atoms with Crippen LogP contribution in [0.1, 0.15) is 32.0 Å². The Balaban J connectivity index is 1.50. The van der Waals surface area contributed by atoms with Crippen molar-refractivity contribution >= 4 is 28.7 Å². The zero-order valence-corrected chi connectivity index (χ0v) is 16.6. The first-order chi connectivity index (χ1) is 14.8. The molecule has 1 amide bonds. The molecule has 0 unspecified atom stereocenters. The van der Waals surface area contributed by atoms with Crippen molar-refractivity contribution in [2.75, 3.05) is 5.32 Å². The summed E-state index contributed by atoms with van der Waals surface area (Å²) in [7, 11) is 0. The van der Waals surface area contributed by atoms with Crippen LogP contribution >= 0.6 is 11.3 Å². The van der Waals surface area contributed by atoms with Crippen LogP contribution in [-0.4, -0.2) is 21.7 Å². The Hall–Kier alpha value is -3.72. The van der Waals surface area contributed by atoms with E-state index in [0.29, 0.717) is 5.69 Å². The Bertz CT molecular complexity index is 1230. The van der Waals surface area contributed by atoms with Crippen LogP contribution < -0.4 is 5.32 Å². The predicted molar refractivity (Wildman–Crippen MR) is 111 cm³/mol. The van der Waals surface area contributed by atoms with Gasteiger partial charge in [-0.3, -0.25) is 14.6 Å². The number of anilines is 1. The summed E-state index contributed by atoms with van der Waals surface area (Å²) < 4.78 is 39.6. The van der Waals surface area contributed by atoms with E-state index in [4.69, 9.17) is 0 Å². The van der Waals surface area contributed by atoms with E-state index in [2.05, 4.69) is 15.3 Å². The molecule has 2 heterocycles. The number of aromatic nitrogens is 2. The van der Waals surface area contributed by atoms with Gasteiger partial charge in [0.05, 0.1) is 16.0 Å². The second-order valence-corrected chi connectivity index (χ2v) is 7.46. The molecule has 0 aliphatic heterocycles. The van der Waals surface area contributed by atoms with Gasteiger partial charge in [0, 0.05) is 29.2 Å². The first-order valence-electron chi connectivity index (χ1n) is 9.02. The lowest BCUT2D eigenvalue weighted by Crippen LogP contribution is -2.13. The lowest BCUT2D eigenvalue weighted by molar-refractivity contribution is -0.137. The summed E-state index contributed by atoms with van der Waals surface area (Å²) in [5.74, 6) is -1.34. The highest BCUT2D eigenvalue weighted by atomic mass is 32.1. The van der Waals surface area contributed by atoms with E-state index in [1.807, 2.05) is 12.1 Å². The number of nitrogens with zero attached hydrogens (tertiary/aromatic N) is 1. The second-order valence-electron chi connectivity index (χ2n) is 6.57. The Kier molecular flexibility index (Phi) is 5.43.